The SMILES string of the molecule is O=C(N/N=C\c1cn(-c2ccccc2)nc1-c1cccnc1)c1ccncc1. The van der Waals surface area contributed by atoms with E-state index in [0.717, 1.165) is 22.5 Å². The van der Waals surface area contributed by atoms with Crippen molar-refractivity contribution in [3.05, 3.63) is 96.7 Å². The Bertz CT molecular complexity index is 1090. The lowest BCUT2D eigenvalue weighted by Crippen LogP contribution is -2.17. The maximum atomic E-state index is 12.1. The number of carbonyl (C=O) groups excluding carboxylic acids is 1. The number of pyridine rings is 2. The second kappa shape index (κ2) is 8.05. The molecule has 1 amide bonds. The number of nitrogens with one attached hydrogen (secondary N) is 1. The molecular weight excluding hydrogens is 352 g/mol. The van der Waals surface area contributed by atoms with E-state index >= 15 is 0 Å². The van der Waals surface area contributed by atoms with Gasteiger partial charge in [-0.25, -0.2) is 10.1 Å². The fourth-order valence-corrected chi connectivity index (χ4v) is 2.65. The third-order valence-electron chi connectivity index (χ3n) is 4.01. The van der Waals surface area contributed by atoms with Gasteiger partial charge in [0.1, 0.15) is 5.69 Å². The van der Waals surface area contributed by atoms with E-state index in [4.69, 9.17) is 0 Å². The van der Waals surface area contributed by atoms with Gasteiger partial charge >= 0.3 is 0 Å². The first-order valence-corrected chi connectivity index (χ1v) is 8.60. The summed E-state index contributed by atoms with van der Waals surface area (Å²) in [4.78, 5) is 20.2. The Morgan fingerprint density at radius 2 is 1.79 bits per heavy atom. The van der Waals surface area contributed by atoms with Crippen LogP contribution in [0.2, 0.25) is 0 Å². The first kappa shape index (κ1) is 17.3. The minimum Gasteiger partial charge on any atom is -0.267 e. The van der Waals surface area contributed by atoms with Crippen molar-refractivity contribution in [3.63, 3.8) is 0 Å². The number of hydrogen-bond donors (Lipinski definition) is 1. The van der Waals surface area contributed by atoms with Gasteiger partial charge in [0.25, 0.3) is 5.91 Å². The van der Waals surface area contributed by atoms with Crippen LogP contribution in [-0.2, 0) is 0 Å². The van der Waals surface area contributed by atoms with Crippen LogP contribution < -0.4 is 5.43 Å². The predicted octanol–water partition coefficient (Wildman–Crippen LogP) is 3.09. The normalized spacial score (nSPS) is 10.9. The van der Waals surface area contributed by atoms with E-state index in [9.17, 15) is 4.79 Å². The zero-order chi connectivity index (χ0) is 19.2. The number of carbonyl (C=O) groups is 1. The number of rotatable bonds is 5. The summed E-state index contributed by atoms with van der Waals surface area (Å²) in [7, 11) is 0. The third-order valence-corrected chi connectivity index (χ3v) is 4.01. The van der Waals surface area contributed by atoms with Crippen LogP contribution in [0.25, 0.3) is 16.9 Å². The van der Waals surface area contributed by atoms with E-state index in [2.05, 4.69) is 25.6 Å². The van der Waals surface area contributed by atoms with Crippen molar-refractivity contribution in [1.82, 2.24) is 25.2 Å². The van der Waals surface area contributed by atoms with Gasteiger partial charge in [-0.2, -0.15) is 10.2 Å². The average molecular weight is 368 g/mol. The molecule has 0 radical (unpaired) electrons. The topological polar surface area (TPSA) is 85.1 Å². The molecule has 0 aliphatic rings. The predicted molar refractivity (Wildman–Crippen MR) is 106 cm³/mol. The smallest absolute Gasteiger partial charge is 0.267 e. The van der Waals surface area contributed by atoms with Crippen molar-refractivity contribution in [3.8, 4) is 16.9 Å². The second-order valence-corrected chi connectivity index (χ2v) is 5.89. The molecule has 3 heterocycles. The molecular formula is C21H16N6O. The molecule has 7 heteroatoms. The first-order chi connectivity index (χ1) is 13.8. The third kappa shape index (κ3) is 3.83. The molecule has 0 spiro atoms. The minimum absolute atomic E-state index is 0.308. The fraction of sp³-hybridized carbons (Fsp3) is 0. The molecule has 4 rings (SSSR count). The monoisotopic (exact) mass is 368 g/mol. The molecule has 136 valence electrons. The van der Waals surface area contributed by atoms with Crippen LogP contribution >= 0.6 is 0 Å². The summed E-state index contributed by atoms with van der Waals surface area (Å²) < 4.78 is 1.77. The van der Waals surface area contributed by atoms with E-state index < -0.39 is 0 Å². The molecule has 7 nitrogen and oxygen atoms in total. The maximum Gasteiger partial charge on any atom is 0.271 e. The van der Waals surface area contributed by atoms with Gasteiger partial charge in [-0.15, -0.1) is 0 Å². The summed E-state index contributed by atoms with van der Waals surface area (Å²) in [6.07, 6.45) is 10.0. The number of amides is 1. The highest BCUT2D eigenvalue weighted by Gasteiger charge is 2.11. The first-order valence-electron chi connectivity index (χ1n) is 8.60. The van der Waals surface area contributed by atoms with Crippen molar-refractivity contribution in [1.29, 1.82) is 0 Å². The molecule has 0 atom stereocenters. The molecule has 0 unspecified atom stereocenters. The van der Waals surface area contributed by atoms with Crippen LogP contribution in [0.15, 0.2) is 90.7 Å². The van der Waals surface area contributed by atoms with Gasteiger partial charge in [0.15, 0.2) is 0 Å². The lowest BCUT2D eigenvalue weighted by molar-refractivity contribution is 0.0955. The summed E-state index contributed by atoms with van der Waals surface area (Å²) in [5.74, 6) is -0.308. The Kier molecular flexibility index (Phi) is 4.97. The number of aromatic nitrogens is 4. The summed E-state index contributed by atoms with van der Waals surface area (Å²) in [6.45, 7) is 0. The molecule has 0 saturated carbocycles. The van der Waals surface area contributed by atoms with Crippen molar-refractivity contribution < 1.29 is 4.79 Å². The van der Waals surface area contributed by atoms with Crippen LogP contribution in [0.5, 0.6) is 0 Å². The Morgan fingerprint density at radius 1 is 0.964 bits per heavy atom. The zero-order valence-corrected chi connectivity index (χ0v) is 14.8. The molecule has 1 aromatic carbocycles. The molecule has 28 heavy (non-hydrogen) atoms. The maximum absolute atomic E-state index is 12.1. The van der Waals surface area contributed by atoms with E-state index in [0.29, 0.717) is 5.56 Å². The second-order valence-electron chi connectivity index (χ2n) is 5.89. The zero-order valence-electron chi connectivity index (χ0n) is 14.8. The van der Waals surface area contributed by atoms with Crippen LogP contribution in [0.4, 0.5) is 0 Å². The van der Waals surface area contributed by atoms with E-state index in [1.165, 1.54) is 0 Å². The van der Waals surface area contributed by atoms with E-state index in [-0.39, 0.29) is 5.91 Å². The highest BCUT2D eigenvalue weighted by atomic mass is 16.2. The quantitative estimate of drug-likeness (QED) is 0.433. The Balaban J connectivity index is 1.63. The van der Waals surface area contributed by atoms with Crippen LogP contribution in [-0.4, -0.2) is 31.9 Å². The summed E-state index contributed by atoms with van der Waals surface area (Å²) >= 11 is 0. The van der Waals surface area contributed by atoms with Crippen molar-refractivity contribution in [2.45, 2.75) is 0 Å². The molecule has 0 saturated heterocycles. The Labute approximate surface area is 161 Å². The van der Waals surface area contributed by atoms with Crippen LogP contribution in [0.3, 0.4) is 0 Å². The van der Waals surface area contributed by atoms with Crippen molar-refractivity contribution >= 4 is 12.1 Å². The highest BCUT2D eigenvalue weighted by Crippen LogP contribution is 2.21. The molecule has 3 aromatic heterocycles. The van der Waals surface area contributed by atoms with Gasteiger partial charge in [0.05, 0.1) is 11.9 Å². The van der Waals surface area contributed by atoms with Gasteiger partial charge < -0.3 is 0 Å². The van der Waals surface area contributed by atoms with Crippen LogP contribution in [0.1, 0.15) is 15.9 Å². The lowest BCUT2D eigenvalue weighted by atomic mass is 10.1. The fourth-order valence-electron chi connectivity index (χ4n) is 2.65. The van der Waals surface area contributed by atoms with Crippen molar-refractivity contribution in [2.75, 3.05) is 0 Å². The van der Waals surface area contributed by atoms with Gasteiger partial charge in [0.2, 0.25) is 0 Å². The average Bonchev–Trinajstić information content (AvgIpc) is 3.20. The summed E-state index contributed by atoms with van der Waals surface area (Å²) in [5, 5.41) is 8.76. The Hall–Kier alpha value is -4.13. The Morgan fingerprint density at radius 3 is 2.54 bits per heavy atom. The lowest BCUT2D eigenvalue weighted by Gasteiger charge is -2.00. The summed E-state index contributed by atoms with van der Waals surface area (Å²) in [6, 6.07) is 16.8. The van der Waals surface area contributed by atoms with Gasteiger partial charge in [-0.05, 0) is 36.4 Å². The number of hydrazone groups is 1. The van der Waals surface area contributed by atoms with E-state index in [1.807, 2.05) is 48.7 Å². The minimum atomic E-state index is -0.308. The number of benzene rings is 1. The number of hydrogen-bond acceptors (Lipinski definition) is 5. The molecule has 1 N–H and O–H groups in total. The molecule has 0 aliphatic carbocycles. The van der Waals surface area contributed by atoms with Gasteiger partial charge in [0, 0.05) is 47.7 Å². The molecule has 4 aromatic rings. The van der Waals surface area contributed by atoms with Crippen LogP contribution in [0, 0.1) is 0 Å². The standard InChI is InChI=1S/C21H16N6O/c28-21(16-8-11-22-12-9-16)25-24-14-18-15-27(19-6-2-1-3-7-19)26-20(18)17-5-4-10-23-13-17/h1-15H,(H,25,28)/b24-14-. The van der Waals surface area contributed by atoms with Gasteiger partial charge in [-0.1, -0.05) is 18.2 Å². The van der Waals surface area contributed by atoms with E-state index in [1.54, 1.807) is 47.8 Å². The number of para-hydroxylation sites is 1. The highest BCUT2D eigenvalue weighted by molar-refractivity contribution is 5.95. The van der Waals surface area contributed by atoms with Gasteiger partial charge in [-0.3, -0.25) is 14.8 Å². The summed E-state index contributed by atoms with van der Waals surface area (Å²) in [5.41, 5.74) is 6.27. The molecule has 0 fully saturated rings. The largest absolute Gasteiger partial charge is 0.271 e. The molecule has 0 bridgehead atoms. The molecule has 0 aliphatic heterocycles. The van der Waals surface area contributed by atoms with Crippen molar-refractivity contribution in [2.24, 2.45) is 5.10 Å². The number of nitrogens with zero attached hydrogens (tertiary/aromatic N) is 5.